The minimum Gasteiger partial charge on any atom is -0.497 e. The van der Waals surface area contributed by atoms with Crippen molar-refractivity contribution >= 4 is 11.9 Å². The number of β-lactam (4-membered cyclic amide) rings is 1. The molecule has 0 bridgehead atoms. The van der Waals surface area contributed by atoms with E-state index in [1.165, 1.54) is 18.9 Å². The molecule has 7 heteroatoms. The molecule has 3 atom stereocenters. The predicted octanol–water partition coefficient (Wildman–Crippen LogP) is 2.16. The van der Waals surface area contributed by atoms with Crippen LogP contribution in [0.3, 0.4) is 0 Å². The van der Waals surface area contributed by atoms with Gasteiger partial charge < -0.3 is 24.2 Å². The molecule has 0 spiro atoms. The van der Waals surface area contributed by atoms with Gasteiger partial charge in [0.15, 0.2) is 0 Å². The molecule has 1 fully saturated rings. The first-order chi connectivity index (χ1) is 14.0. The number of aliphatic hydroxyl groups is 1. The van der Waals surface area contributed by atoms with Gasteiger partial charge in [-0.05, 0) is 24.6 Å². The van der Waals surface area contributed by atoms with Crippen LogP contribution in [-0.4, -0.2) is 48.2 Å². The third-order valence-electron chi connectivity index (χ3n) is 5.06. The summed E-state index contributed by atoms with van der Waals surface area (Å²) in [5.74, 6) is -0.468. The molecule has 0 aromatic heterocycles. The normalized spacial score (nSPS) is 19.3. The number of carbonyl (C=O) groups excluding carboxylic acids is 2. The molecule has 1 amide bonds. The lowest BCUT2D eigenvalue weighted by Crippen LogP contribution is -2.67. The lowest BCUT2D eigenvalue weighted by molar-refractivity contribution is -0.182. The summed E-state index contributed by atoms with van der Waals surface area (Å²) < 4.78 is 16.0. The smallest absolute Gasteiger partial charge is 0.330 e. The lowest BCUT2D eigenvalue weighted by atomic mass is 9.82. The number of rotatable bonds is 8. The molecular formula is C22H25NO6. The molecule has 1 heterocycles. The fourth-order valence-electron chi connectivity index (χ4n) is 3.48. The predicted molar refractivity (Wildman–Crippen MR) is 105 cm³/mol. The van der Waals surface area contributed by atoms with E-state index >= 15 is 0 Å². The second-order valence-electron chi connectivity index (χ2n) is 6.95. The second-order valence-corrected chi connectivity index (χ2v) is 6.95. The number of hydrogen-bond acceptors (Lipinski definition) is 6. The summed E-state index contributed by atoms with van der Waals surface area (Å²) in [6.07, 6.45) is -0.953. The maximum Gasteiger partial charge on any atom is 0.330 e. The Hall–Kier alpha value is -3.06. The molecule has 2 aromatic rings. The molecule has 154 valence electrons. The van der Waals surface area contributed by atoms with Gasteiger partial charge in [0.25, 0.3) is 0 Å². The van der Waals surface area contributed by atoms with Crippen molar-refractivity contribution in [3.05, 3.63) is 59.7 Å². The van der Waals surface area contributed by atoms with Crippen LogP contribution in [0.15, 0.2) is 48.5 Å². The van der Waals surface area contributed by atoms with Crippen LogP contribution in [0.25, 0.3) is 0 Å². The highest BCUT2D eigenvalue weighted by atomic mass is 16.5. The highest BCUT2D eigenvalue weighted by Gasteiger charge is 2.54. The van der Waals surface area contributed by atoms with Crippen molar-refractivity contribution in [2.75, 3.05) is 14.2 Å². The van der Waals surface area contributed by atoms with Crippen molar-refractivity contribution in [2.24, 2.45) is 5.92 Å². The summed E-state index contributed by atoms with van der Waals surface area (Å²) in [5.41, 5.74) is 1.58. The van der Waals surface area contributed by atoms with Crippen LogP contribution in [0.5, 0.6) is 11.5 Å². The largest absolute Gasteiger partial charge is 0.497 e. The van der Waals surface area contributed by atoms with Crippen molar-refractivity contribution in [1.29, 1.82) is 0 Å². The van der Waals surface area contributed by atoms with Gasteiger partial charge in [0, 0.05) is 11.6 Å². The van der Waals surface area contributed by atoms with Crippen LogP contribution in [0.4, 0.5) is 0 Å². The molecule has 29 heavy (non-hydrogen) atoms. The van der Waals surface area contributed by atoms with Crippen LogP contribution in [-0.2, 0) is 27.5 Å². The standard InChI is InChI=1S/C22H25NO6/c1-14(24)19-20(22(26)29-13-15-7-5-4-6-8-15)23(21(19)25)12-16-9-10-17(27-2)11-18(16)28-3/h4-11,14,19-20,24H,12-13H2,1-3H3/t14-,19?,20?/m1/s1. The van der Waals surface area contributed by atoms with Gasteiger partial charge in [-0.2, -0.15) is 0 Å². The summed E-state index contributed by atoms with van der Waals surface area (Å²) >= 11 is 0. The molecule has 0 aliphatic carbocycles. The van der Waals surface area contributed by atoms with Crippen LogP contribution in [0.2, 0.25) is 0 Å². The Morgan fingerprint density at radius 2 is 1.86 bits per heavy atom. The number of nitrogens with zero attached hydrogens (tertiary/aromatic N) is 1. The molecule has 1 N–H and O–H groups in total. The van der Waals surface area contributed by atoms with E-state index < -0.39 is 24.0 Å². The zero-order chi connectivity index (χ0) is 21.0. The number of carbonyl (C=O) groups is 2. The topological polar surface area (TPSA) is 85.3 Å². The van der Waals surface area contributed by atoms with Crippen LogP contribution < -0.4 is 9.47 Å². The zero-order valence-electron chi connectivity index (χ0n) is 16.7. The lowest BCUT2D eigenvalue weighted by Gasteiger charge is -2.46. The van der Waals surface area contributed by atoms with E-state index in [2.05, 4.69) is 0 Å². The molecular weight excluding hydrogens is 374 g/mol. The average Bonchev–Trinajstić information content (AvgIpc) is 2.74. The average molecular weight is 399 g/mol. The first-order valence-corrected chi connectivity index (χ1v) is 9.36. The van der Waals surface area contributed by atoms with Crippen molar-refractivity contribution in [3.8, 4) is 11.5 Å². The third-order valence-corrected chi connectivity index (χ3v) is 5.06. The summed E-state index contributed by atoms with van der Waals surface area (Å²) in [7, 11) is 3.08. The molecule has 1 aliphatic rings. The summed E-state index contributed by atoms with van der Waals surface area (Å²) in [6, 6.07) is 13.7. The highest BCUT2D eigenvalue weighted by Crippen LogP contribution is 2.35. The van der Waals surface area contributed by atoms with E-state index in [-0.39, 0.29) is 19.1 Å². The maximum absolute atomic E-state index is 12.7. The van der Waals surface area contributed by atoms with Gasteiger partial charge in [0.2, 0.25) is 5.91 Å². The number of esters is 1. The monoisotopic (exact) mass is 399 g/mol. The fourth-order valence-corrected chi connectivity index (χ4v) is 3.48. The van der Waals surface area contributed by atoms with Gasteiger partial charge in [-0.1, -0.05) is 30.3 Å². The Morgan fingerprint density at radius 1 is 1.14 bits per heavy atom. The Kier molecular flexibility index (Phi) is 6.39. The van der Waals surface area contributed by atoms with Gasteiger partial charge in [0.1, 0.15) is 24.1 Å². The number of hydrogen-bond donors (Lipinski definition) is 1. The van der Waals surface area contributed by atoms with E-state index in [0.29, 0.717) is 11.5 Å². The number of aliphatic hydroxyl groups excluding tert-OH is 1. The quantitative estimate of drug-likeness (QED) is 0.541. The number of ether oxygens (including phenoxy) is 3. The minimum absolute atomic E-state index is 0.108. The van der Waals surface area contributed by atoms with Gasteiger partial charge in [0.05, 0.1) is 32.8 Å². The van der Waals surface area contributed by atoms with E-state index in [0.717, 1.165) is 11.1 Å². The second kappa shape index (κ2) is 8.96. The molecule has 0 radical (unpaired) electrons. The van der Waals surface area contributed by atoms with Crippen LogP contribution in [0, 0.1) is 5.92 Å². The Morgan fingerprint density at radius 3 is 2.48 bits per heavy atom. The summed E-state index contributed by atoms with van der Waals surface area (Å²) in [5, 5.41) is 10.0. The Bertz CT molecular complexity index is 867. The van der Waals surface area contributed by atoms with Gasteiger partial charge in [-0.25, -0.2) is 4.79 Å². The summed E-state index contributed by atoms with van der Waals surface area (Å²) in [6.45, 7) is 1.78. The number of methoxy groups -OCH3 is 2. The molecule has 1 saturated heterocycles. The molecule has 1 aliphatic heterocycles. The molecule has 0 saturated carbocycles. The zero-order valence-corrected chi connectivity index (χ0v) is 16.7. The van der Waals surface area contributed by atoms with E-state index in [4.69, 9.17) is 14.2 Å². The number of benzene rings is 2. The highest BCUT2D eigenvalue weighted by molar-refractivity contribution is 5.97. The van der Waals surface area contributed by atoms with Gasteiger partial charge in [-0.3, -0.25) is 4.79 Å². The summed E-state index contributed by atoms with van der Waals surface area (Å²) in [4.78, 5) is 26.8. The van der Waals surface area contributed by atoms with E-state index in [1.54, 1.807) is 25.3 Å². The minimum atomic E-state index is -0.953. The van der Waals surface area contributed by atoms with E-state index in [1.807, 2.05) is 30.3 Å². The number of likely N-dealkylation sites (tertiary alicyclic amines) is 1. The molecule has 2 unspecified atom stereocenters. The van der Waals surface area contributed by atoms with E-state index in [9.17, 15) is 14.7 Å². The fraction of sp³-hybridized carbons (Fsp3) is 0.364. The van der Waals surface area contributed by atoms with Crippen molar-refractivity contribution in [3.63, 3.8) is 0 Å². The third kappa shape index (κ3) is 4.35. The molecule has 3 rings (SSSR count). The molecule has 2 aromatic carbocycles. The van der Waals surface area contributed by atoms with Gasteiger partial charge >= 0.3 is 5.97 Å². The molecule has 7 nitrogen and oxygen atoms in total. The van der Waals surface area contributed by atoms with Crippen LogP contribution >= 0.6 is 0 Å². The van der Waals surface area contributed by atoms with Crippen molar-refractivity contribution in [2.45, 2.75) is 32.2 Å². The SMILES string of the molecule is COc1ccc(CN2C(=O)C([C@@H](C)O)C2C(=O)OCc2ccccc2)c(OC)c1. The first kappa shape index (κ1) is 20.7. The Labute approximate surface area is 169 Å². The maximum atomic E-state index is 12.7. The van der Waals surface area contributed by atoms with Gasteiger partial charge in [-0.15, -0.1) is 0 Å². The van der Waals surface area contributed by atoms with Crippen LogP contribution in [0.1, 0.15) is 18.1 Å². The first-order valence-electron chi connectivity index (χ1n) is 9.36. The van der Waals surface area contributed by atoms with Crippen molar-refractivity contribution < 1.29 is 28.9 Å². The van der Waals surface area contributed by atoms with Crippen molar-refractivity contribution in [1.82, 2.24) is 4.90 Å². The Balaban J connectivity index is 1.76. The number of amides is 1.